The third kappa shape index (κ3) is 5.55. The van der Waals surface area contributed by atoms with Crippen LogP contribution in [0.1, 0.15) is 45.6 Å². The Labute approximate surface area is 221 Å². The van der Waals surface area contributed by atoms with E-state index >= 15 is 0 Å². The number of hydrogen-bond donors (Lipinski definition) is 1. The lowest BCUT2D eigenvalue weighted by molar-refractivity contribution is -0.144. The van der Waals surface area contributed by atoms with Gasteiger partial charge in [-0.1, -0.05) is 112 Å². The summed E-state index contributed by atoms with van der Waals surface area (Å²) in [4.78, 5) is 25.9. The van der Waals surface area contributed by atoms with Crippen molar-refractivity contribution in [2.75, 3.05) is 13.2 Å². The van der Waals surface area contributed by atoms with Gasteiger partial charge in [-0.3, -0.25) is 9.59 Å². The van der Waals surface area contributed by atoms with E-state index < -0.39 is 14.2 Å². The molecule has 4 rings (SSSR count). The fourth-order valence-corrected chi connectivity index (χ4v) is 10.3. The number of amides is 1. The van der Waals surface area contributed by atoms with Gasteiger partial charge in [0, 0.05) is 5.92 Å². The second kappa shape index (κ2) is 11.4. The molecule has 0 spiro atoms. The first kappa shape index (κ1) is 26.8. The first-order valence-electron chi connectivity index (χ1n) is 13.0. The molecule has 3 aromatic rings. The zero-order valence-corrected chi connectivity index (χ0v) is 23.1. The molecule has 0 radical (unpaired) electrons. The molecule has 5 nitrogen and oxygen atoms in total. The van der Waals surface area contributed by atoms with Gasteiger partial charge in [-0.25, -0.2) is 0 Å². The summed E-state index contributed by atoms with van der Waals surface area (Å²) in [5.74, 6) is -1.07. The van der Waals surface area contributed by atoms with Gasteiger partial charge in [0.15, 0.2) is 0 Å². The lowest BCUT2D eigenvalue weighted by Gasteiger charge is -2.43. The van der Waals surface area contributed by atoms with E-state index in [0.717, 1.165) is 5.56 Å². The largest absolute Gasteiger partial charge is 0.466 e. The third-order valence-electron chi connectivity index (χ3n) is 7.32. The zero-order valence-electron chi connectivity index (χ0n) is 22.1. The highest BCUT2D eigenvalue weighted by Gasteiger charge is 2.52. The highest BCUT2D eigenvalue weighted by atomic mass is 28.4. The predicted octanol–water partition coefficient (Wildman–Crippen LogP) is 4.41. The molecule has 1 saturated heterocycles. The minimum atomic E-state index is -2.79. The number of nitrogens with one attached hydrogen (secondary N) is 1. The molecule has 1 amide bonds. The zero-order chi connectivity index (χ0) is 26.5. The van der Waals surface area contributed by atoms with Gasteiger partial charge in [0.1, 0.15) is 0 Å². The number of rotatable bonds is 9. The summed E-state index contributed by atoms with van der Waals surface area (Å²) in [6.45, 7) is 9.12. The molecule has 1 aliphatic heterocycles. The van der Waals surface area contributed by atoms with E-state index in [0.29, 0.717) is 13.2 Å². The van der Waals surface area contributed by atoms with Crippen molar-refractivity contribution in [3.63, 3.8) is 0 Å². The lowest BCUT2D eigenvalue weighted by Crippen LogP contribution is -2.67. The van der Waals surface area contributed by atoms with Crippen molar-refractivity contribution in [1.29, 1.82) is 0 Å². The van der Waals surface area contributed by atoms with Gasteiger partial charge in [-0.15, -0.1) is 0 Å². The second-order valence-electron chi connectivity index (χ2n) is 10.7. The lowest BCUT2D eigenvalue weighted by atomic mass is 9.83. The van der Waals surface area contributed by atoms with Gasteiger partial charge < -0.3 is 14.5 Å². The maximum atomic E-state index is 13.3. The van der Waals surface area contributed by atoms with E-state index in [1.54, 1.807) is 6.92 Å². The average molecular weight is 516 g/mol. The van der Waals surface area contributed by atoms with Gasteiger partial charge in [0.2, 0.25) is 5.91 Å². The summed E-state index contributed by atoms with van der Waals surface area (Å²) in [5.41, 5.74) is 0.905. The Bertz CT molecular complexity index is 1140. The van der Waals surface area contributed by atoms with Crippen molar-refractivity contribution in [2.24, 2.45) is 5.92 Å². The molecule has 194 valence electrons. The van der Waals surface area contributed by atoms with Gasteiger partial charge >= 0.3 is 5.97 Å². The number of ether oxygens (including phenoxy) is 1. The number of carbonyl (C=O) groups excluding carboxylic acids is 2. The SMILES string of the molecule is CCOC(=O)C[C@H]1[C@H](CO[Si](c2ccccc2)(c2ccccc2)C(C)(C)C)NC(=O)[C@@H]1c1ccccc1. The molecule has 1 heterocycles. The molecular weight excluding hydrogens is 478 g/mol. The maximum absolute atomic E-state index is 13.3. The highest BCUT2D eigenvalue weighted by Crippen LogP contribution is 2.39. The summed E-state index contributed by atoms with van der Waals surface area (Å²) in [5, 5.41) is 5.35. The fourth-order valence-electron chi connectivity index (χ4n) is 5.68. The molecule has 0 aromatic heterocycles. The summed E-state index contributed by atoms with van der Waals surface area (Å²) in [6.07, 6.45) is 0.154. The third-order valence-corrected chi connectivity index (χ3v) is 12.3. The first-order valence-corrected chi connectivity index (χ1v) is 14.9. The van der Waals surface area contributed by atoms with Gasteiger partial charge in [-0.05, 0) is 27.9 Å². The van der Waals surface area contributed by atoms with Crippen LogP contribution in [0.3, 0.4) is 0 Å². The molecule has 0 aliphatic carbocycles. The van der Waals surface area contributed by atoms with Crippen LogP contribution in [0.4, 0.5) is 0 Å². The molecule has 6 heteroatoms. The second-order valence-corrected chi connectivity index (χ2v) is 15.0. The summed E-state index contributed by atoms with van der Waals surface area (Å²) in [7, 11) is -2.79. The monoisotopic (exact) mass is 515 g/mol. The Balaban J connectivity index is 1.72. The van der Waals surface area contributed by atoms with Crippen LogP contribution < -0.4 is 15.7 Å². The van der Waals surface area contributed by atoms with E-state index in [9.17, 15) is 9.59 Å². The Morgan fingerprint density at radius 1 is 0.865 bits per heavy atom. The fraction of sp³-hybridized carbons (Fsp3) is 0.355. The average Bonchev–Trinajstić information content (AvgIpc) is 3.20. The van der Waals surface area contributed by atoms with Crippen LogP contribution in [-0.4, -0.2) is 39.4 Å². The Kier molecular flexibility index (Phi) is 8.30. The summed E-state index contributed by atoms with van der Waals surface area (Å²) < 4.78 is 12.4. The maximum Gasteiger partial charge on any atom is 0.306 e. The first-order chi connectivity index (χ1) is 17.8. The Morgan fingerprint density at radius 2 is 1.38 bits per heavy atom. The number of esters is 1. The normalized spacial score (nSPS) is 19.9. The van der Waals surface area contributed by atoms with Crippen LogP contribution in [0.25, 0.3) is 0 Å². The standard InChI is InChI=1S/C31H37NO4Si/c1-5-35-28(33)21-26-27(32-30(34)29(26)23-15-9-6-10-16-23)22-36-37(31(2,3)4,24-17-11-7-12-18-24)25-19-13-8-14-20-25/h6-20,26-27,29H,5,21-22H2,1-4H3,(H,32,34)/t26-,27-,29+/m0/s1. The molecule has 37 heavy (non-hydrogen) atoms. The number of benzene rings is 3. The van der Waals surface area contributed by atoms with Gasteiger partial charge in [0.25, 0.3) is 8.32 Å². The van der Waals surface area contributed by atoms with Crippen LogP contribution in [0.5, 0.6) is 0 Å². The van der Waals surface area contributed by atoms with E-state index in [2.05, 4.69) is 74.6 Å². The van der Waals surface area contributed by atoms with Crippen molar-refractivity contribution in [3.8, 4) is 0 Å². The molecule has 3 atom stereocenters. The van der Waals surface area contributed by atoms with E-state index in [1.165, 1.54) is 10.4 Å². The Morgan fingerprint density at radius 3 is 1.86 bits per heavy atom. The molecule has 1 aliphatic rings. The minimum absolute atomic E-state index is 0.0726. The number of carbonyl (C=O) groups is 2. The predicted molar refractivity (Wildman–Crippen MR) is 149 cm³/mol. The van der Waals surface area contributed by atoms with Crippen LogP contribution in [0.2, 0.25) is 5.04 Å². The van der Waals surface area contributed by atoms with Crippen LogP contribution >= 0.6 is 0 Å². The van der Waals surface area contributed by atoms with E-state index in [1.807, 2.05) is 42.5 Å². The highest BCUT2D eigenvalue weighted by molar-refractivity contribution is 6.99. The van der Waals surface area contributed by atoms with Crippen molar-refractivity contribution in [3.05, 3.63) is 96.6 Å². The minimum Gasteiger partial charge on any atom is -0.466 e. The Hall–Kier alpha value is -3.22. The topological polar surface area (TPSA) is 64.6 Å². The van der Waals surface area contributed by atoms with E-state index in [4.69, 9.17) is 9.16 Å². The van der Waals surface area contributed by atoms with Crippen molar-refractivity contribution in [1.82, 2.24) is 5.32 Å². The summed E-state index contributed by atoms with van der Waals surface area (Å²) in [6, 6.07) is 30.3. The van der Waals surface area contributed by atoms with Crippen molar-refractivity contribution in [2.45, 2.75) is 51.1 Å². The quantitative estimate of drug-likeness (QED) is 0.339. The van der Waals surface area contributed by atoms with Crippen molar-refractivity contribution >= 4 is 30.6 Å². The van der Waals surface area contributed by atoms with E-state index in [-0.39, 0.29) is 35.3 Å². The van der Waals surface area contributed by atoms with Crippen LogP contribution in [0, 0.1) is 5.92 Å². The molecule has 3 aromatic carbocycles. The van der Waals surface area contributed by atoms with Crippen LogP contribution in [-0.2, 0) is 18.8 Å². The van der Waals surface area contributed by atoms with Gasteiger partial charge in [0.05, 0.1) is 31.6 Å². The molecule has 0 unspecified atom stereocenters. The molecule has 0 saturated carbocycles. The molecule has 0 bridgehead atoms. The summed E-state index contributed by atoms with van der Waals surface area (Å²) >= 11 is 0. The van der Waals surface area contributed by atoms with Crippen LogP contribution in [0.15, 0.2) is 91.0 Å². The van der Waals surface area contributed by atoms with Gasteiger partial charge in [-0.2, -0.15) is 0 Å². The molecule has 1 N–H and O–H groups in total. The smallest absolute Gasteiger partial charge is 0.306 e. The number of hydrogen-bond acceptors (Lipinski definition) is 4. The van der Waals surface area contributed by atoms with Crippen molar-refractivity contribution < 1.29 is 18.8 Å². The molecular formula is C31H37NO4Si. The molecule has 1 fully saturated rings.